The molecule has 86 valence electrons. The monoisotopic (exact) mass is 239 g/mol. The molecule has 1 amide bonds. The highest BCUT2D eigenvalue weighted by Gasteiger charge is 2.10. The number of carbonyl (C=O) groups excluding carboxylic acids is 1. The lowest BCUT2D eigenvalue weighted by Crippen LogP contribution is -2.25. The van der Waals surface area contributed by atoms with Gasteiger partial charge in [-0.25, -0.2) is 4.39 Å². The van der Waals surface area contributed by atoms with Gasteiger partial charge < -0.3 is 5.32 Å². The summed E-state index contributed by atoms with van der Waals surface area (Å²) in [6, 6.07) is 4.17. The molecule has 4 heteroatoms. The van der Waals surface area contributed by atoms with Crippen molar-refractivity contribution in [1.82, 2.24) is 5.32 Å². The highest BCUT2D eigenvalue weighted by atomic mass is 32.1. The Morgan fingerprint density at radius 3 is 3.00 bits per heavy atom. The van der Waals surface area contributed by atoms with Crippen molar-refractivity contribution in [3.8, 4) is 0 Å². The van der Waals surface area contributed by atoms with Gasteiger partial charge in [0.2, 0.25) is 0 Å². The van der Waals surface area contributed by atoms with E-state index in [-0.39, 0.29) is 5.56 Å². The molecule has 16 heavy (non-hydrogen) atoms. The van der Waals surface area contributed by atoms with Crippen molar-refractivity contribution in [2.24, 2.45) is 0 Å². The Morgan fingerprint density at radius 1 is 1.56 bits per heavy atom. The number of benzene rings is 1. The molecule has 1 rings (SSSR count). The second kappa shape index (κ2) is 6.33. The molecule has 0 heterocycles. The van der Waals surface area contributed by atoms with Crippen LogP contribution in [0.15, 0.2) is 35.2 Å². The molecule has 0 saturated carbocycles. The van der Waals surface area contributed by atoms with E-state index in [1.165, 1.54) is 18.2 Å². The normalized spacial score (nSPS) is 10.7. The molecule has 2 nitrogen and oxygen atoms in total. The first-order valence-corrected chi connectivity index (χ1v) is 5.47. The van der Waals surface area contributed by atoms with E-state index in [4.69, 9.17) is 0 Å². The average molecular weight is 239 g/mol. The van der Waals surface area contributed by atoms with Crippen LogP contribution in [0.5, 0.6) is 0 Å². The third kappa shape index (κ3) is 3.70. The maximum atomic E-state index is 13.3. The fourth-order valence-corrected chi connectivity index (χ4v) is 1.42. The van der Waals surface area contributed by atoms with Crippen LogP contribution in [-0.4, -0.2) is 12.5 Å². The van der Waals surface area contributed by atoms with Crippen LogP contribution < -0.4 is 5.32 Å². The largest absolute Gasteiger partial charge is 0.352 e. The zero-order valence-electron chi connectivity index (χ0n) is 9.03. The molecule has 0 radical (unpaired) electrons. The molecule has 0 aliphatic rings. The van der Waals surface area contributed by atoms with E-state index in [9.17, 15) is 9.18 Å². The zero-order chi connectivity index (χ0) is 12.0. The van der Waals surface area contributed by atoms with Crippen LogP contribution in [0.3, 0.4) is 0 Å². The van der Waals surface area contributed by atoms with Gasteiger partial charge in [-0.1, -0.05) is 12.2 Å². The minimum absolute atomic E-state index is 0.0352. The van der Waals surface area contributed by atoms with Crippen LogP contribution in [0.25, 0.3) is 0 Å². The third-order valence-electron chi connectivity index (χ3n) is 2.03. The van der Waals surface area contributed by atoms with E-state index in [1.807, 2.05) is 19.1 Å². The quantitative estimate of drug-likeness (QED) is 0.472. The van der Waals surface area contributed by atoms with Crippen molar-refractivity contribution in [1.29, 1.82) is 0 Å². The summed E-state index contributed by atoms with van der Waals surface area (Å²) in [7, 11) is 0. The summed E-state index contributed by atoms with van der Waals surface area (Å²) in [6.07, 6.45) is 4.58. The number of hydrogen-bond acceptors (Lipinski definition) is 2. The fraction of sp³-hybridized carbons (Fsp3) is 0.250. The highest BCUT2D eigenvalue weighted by Crippen LogP contribution is 2.13. The summed E-state index contributed by atoms with van der Waals surface area (Å²) in [5, 5.41) is 2.64. The van der Waals surface area contributed by atoms with Crippen LogP contribution in [0.1, 0.15) is 23.7 Å². The van der Waals surface area contributed by atoms with Gasteiger partial charge in [-0.3, -0.25) is 4.79 Å². The van der Waals surface area contributed by atoms with Gasteiger partial charge in [0.05, 0.1) is 5.56 Å². The molecule has 0 saturated heterocycles. The molecule has 0 unspecified atom stereocenters. The molecular formula is C12H14FNOS. The molecule has 1 aromatic rings. The Balaban J connectivity index is 2.62. The molecule has 0 aliphatic heterocycles. The van der Waals surface area contributed by atoms with E-state index < -0.39 is 11.7 Å². The predicted molar refractivity (Wildman–Crippen MR) is 65.4 cm³/mol. The molecule has 1 N–H and O–H groups in total. The highest BCUT2D eigenvalue weighted by molar-refractivity contribution is 7.80. The second-order valence-electron chi connectivity index (χ2n) is 3.28. The summed E-state index contributed by atoms with van der Waals surface area (Å²) in [5.74, 6) is -0.931. The Hall–Kier alpha value is -1.29. The van der Waals surface area contributed by atoms with Gasteiger partial charge in [0.15, 0.2) is 0 Å². The van der Waals surface area contributed by atoms with Crippen LogP contribution >= 0.6 is 12.6 Å². The van der Waals surface area contributed by atoms with E-state index in [2.05, 4.69) is 17.9 Å². The topological polar surface area (TPSA) is 29.1 Å². The smallest absolute Gasteiger partial charge is 0.254 e. The number of hydrogen-bond donors (Lipinski definition) is 2. The van der Waals surface area contributed by atoms with Crippen molar-refractivity contribution >= 4 is 18.5 Å². The van der Waals surface area contributed by atoms with E-state index in [1.54, 1.807) is 0 Å². The fourth-order valence-electron chi connectivity index (χ4n) is 1.22. The molecule has 0 aliphatic carbocycles. The van der Waals surface area contributed by atoms with E-state index in [0.29, 0.717) is 11.4 Å². The SMILES string of the molecule is C/C=C/CCNC(=O)c1cc(S)ccc1F. The number of carbonyl (C=O) groups is 1. The van der Waals surface area contributed by atoms with Crippen molar-refractivity contribution in [3.05, 3.63) is 41.7 Å². The summed E-state index contributed by atoms with van der Waals surface area (Å²) in [6.45, 7) is 2.41. The summed E-state index contributed by atoms with van der Waals surface area (Å²) < 4.78 is 13.3. The van der Waals surface area contributed by atoms with Crippen molar-refractivity contribution in [2.75, 3.05) is 6.54 Å². The summed E-state index contributed by atoms with van der Waals surface area (Å²) in [4.78, 5) is 12.1. The number of halogens is 1. The first-order valence-electron chi connectivity index (χ1n) is 5.03. The Labute approximate surface area is 100.0 Å². The lowest BCUT2D eigenvalue weighted by atomic mass is 10.2. The summed E-state index contributed by atoms with van der Waals surface area (Å²) >= 11 is 4.06. The molecule has 0 aromatic heterocycles. The van der Waals surface area contributed by atoms with Crippen molar-refractivity contribution < 1.29 is 9.18 Å². The minimum Gasteiger partial charge on any atom is -0.352 e. The first kappa shape index (κ1) is 12.8. The number of nitrogens with one attached hydrogen (secondary N) is 1. The lowest BCUT2D eigenvalue weighted by Gasteiger charge is -2.05. The Morgan fingerprint density at radius 2 is 2.31 bits per heavy atom. The molecule has 1 aromatic carbocycles. The van der Waals surface area contributed by atoms with Gasteiger partial charge >= 0.3 is 0 Å². The molecular weight excluding hydrogens is 225 g/mol. The van der Waals surface area contributed by atoms with Crippen LogP contribution in [0, 0.1) is 5.82 Å². The van der Waals surface area contributed by atoms with Gasteiger partial charge in [0.1, 0.15) is 5.82 Å². The lowest BCUT2D eigenvalue weighted by molar-refractivity contribution is 0.0950. The van der Waals surface area contributed by atoms with Gasteiger partial charge in [-0.05, 0) is 31.5 Å². The van der Waals surface area contributed by atoms with Gasteiger partial charge in [-0.15, -0.1) is 12.6 Å². The van der Waals surface area contributed by atoms with Crippen molar-refractivity contribution in [2.45, 2.75) is 18.2 Å². The Kier molecular flexibility index (Phi) is 5.05. The number of amides is 1. The first-order chi connectivity index (χ1) is 7.65. The zero-order valence-corrected chi connectivity index (χ0v) is 9.93. The average Bonchev–Trinajstić information content (AvgIpc) is 2.27. The predicted octanol–water partition coefficient (Wildman–Crippen LogP) is 2.81. The second-order valence-corrected chi connectivity index (χ2v) is 3.79. The number of thiol groups is 1. The van der Waals surface area contributed by atoms with Crippen LogP contribution in [-0.2, 0) is 0 Å². The van der Waals surface area contributed by atoms with Crippen LogP contribution in [0.2, 0.25) is 0 Å². The van der Waals surface area contributed by atoms with Gasteiger partial charge in [0, 0.05) is 11.4 Å². The van der Waals surface area contributed by atoms with Crippen molar-refractivity contribution in [3.63, 3.8) is 0 Å². The van der Waals surface area contributed by atoms with Crippen LogP contribution in [0.4, 0.5) is 4.39 Å². The molecule has 0 atom stereocenters. The molecule has 0 bridgehead atoms. The number of rotatable bonds is 4. The Bertz CT molecular complexity index is 404. The molecule has 0 spiro atoms. The number of allylic oxidation sites excluding steroid dienone is 1. The minimum atomic E-state index is -0.527. The van der Waals surface area contributed by atoms with Gasteiger partial charge in [-0.2, -0.15) is 0 Å². The van der Waals surface area contributed by atoms with Gasteiger partial charge in [0.25, 0.3) is 5.91 Å². The van der Waals surface area contributed by atoms with E-state index in [0.717, 1.165) is 6.42 Å². The molecule has 0 fully saturated rings. The summed E-state index contributed by atoms with van der Waals surface area (Å²) in [5.41, 5.74) is 0.0352. The van der Waals surface area contributed by atoms with E-state index >= 15 is 0 Å². The maximum Gasteiger partial charge on any atom is 0.254 e. The maximum absolute atomic E-state index is 13.3. The standard InChI is InChI=1S/C12H14FNOS/c1-2-3-4-7-14-12(15)10-8-9(16)5-6-11(10)13/h2-3,5-6,8,16H,4,7H2,1H3,(H,14,15)/b3-2+. The third-order valence-corrected chi connectivity index (χ3v) is 2.31.